The van der Waals surface area contributed by atoms with Gasteiger partial charge in [0.2, 0.25) is 5.91 Å². The Bertz CT molecular complexity index is 741. The summed E-state index contributed by atoms with van der Waals surface area (Å²) in [6, 6.07) is 14.2. The first-order valence-corrected chi connectivity index (χ1v) is 7.53. The van der Waals surface area contributed by atoms with Crippen LogP contribution in [0.15, 0.2) is 48.5 Å². The number of nitrogens with one attached hydrogen (secondary N) is 2. The van der Waals surface area contributed by atoms with E-state index in [-0.39, 0.29) is 17.7 Å². The first-order chi connectivity index (χ1) is 11.0. The van der Waals surface area contributed by atoms with Crippen LogP contribution in [-0.4, -0.2) is 12.0 Å². The molecule has 0 bridgehead atoms. The maximum atomic E-state index is 12.0. The molecular formula is C18H18N2O3. The van der Waals surface area contributed by atoms with Crippen molar-refractivity contribution in [2.75, 3.05) is 10.6 Å². The molecule has 2 aromatic rings. The third-order valence-electron chi connectivity index (χ3n) is 3.79. The van der Waals surface area contributed by atoms with Crippen molar-refractivity contribution < 1.29 is 14.3 Å². The van der Waals surface area contributed by atoms with Crippen LogP contribution in [0.25, 0.3) is 0 Å². The van der Waals surface area contributed by atoms with E-state index in [4.69, 9.17) is 4.74 Å². The molecule has 0 saturated heterocycles. The molecule has 118 valence electrons. The fourth-order valence-electron chi connectivity index (χ4n) is 2.76. The number of carbonyl (C=O) groups is 2. The number of benzene rings is 2. The predicted molar refractivity (Wildman–Crippen MR) is 88.7 cm³/mol. The van der Waals surface area contributed by atoms with Crippen LogP contribution in [0.2, 0.25) is 0 Å². The van der Waals surface area contributed by atoms with Gasteiger partial charge in [-0.2, -0.15) is 0 Å². The Morgan fingerprint density at radius 2 is 1.91 bits per heavy atom. The first kappa shape index (κ1) is 15.1. The zero-order chi connectivity index (χ0) is 16.4. The molecule has 1 aliphatic rings. The Morgan fingerprint density at radius 3 is 2.61 bits per heavy atom. The zero-order valence-corrected chi connectivity index (χ0v) is 13.0. The molecule has 0 saturated carbocycles. The Labute approximate surface area is 134 Å². The van der Waals surface area contributed by atoms with Crippen LogP contribution >= 0.6 is 0 Å². The number of ether oxygens (including phenoxy) is 1. The van der Waals surface area contributed by atoms with Crippen molar-refractivity contribution in [3.63, 3.8) is 0 Å². The molecule has 1 aliphatic heterocycles. The van der Waals surface area contributed by atoms with Gasteiger partial charge in [0.25, 0.3) is 0 Å². The lowest BCUT2D eigenvalue weighted by atomic mass is 9.89. The molecule has 5 heteroatoms. The van der Waals surface area contributed by atoms with Gasteiger partial charge in [-0.25, -0.2) is 4.79 Å². The molecule has 0 spiro atoms. The van der Waals surface area contributed by atoms with Gasteiger partial charge < -0.3 is 10.1 Å². The van der Waals surface area contributed by atoms with Crippen molar-refractivity contribution in [3.05, 3.63) is 54.1 Å². The van der Waals surface area contributed by atoms with Crippen molar-refractivity contribution in [1.29, 1.82) is 0 Å². The molecule has 0 fully saturated rings. The molecule has 5 nitrogen and oxygen atoms in total. The van der Waals surface area contributed by atoms with E-state index in [1.165, 1.54) is 0 Å². The van der Waals surface area contributed by atoms with Crippen molar-refractivity contribution in [1.82, 2.24) is 0 Å². The summed E-state index contributed by atoms with van der Waals surface area (Å²) in [6.45, 7) is 4.01. The highest BCUT2D eigenvalue weighted by molar-refractivity contribution is 6.03. The number of hydrogen-bond acceptors (Lipinski definition) is 3. The van der Waals surface area contributed by atoms with E-state index in [1.807, 2.05) is 26.0 Å². The second-order valence-corrected chi connectivity index (χ2v) is 5.84. The summed E-state index contributed by atoms with van der Waals surface area (Å²) < 4.78 is 5.20. The average Bonchev–Trinajstić information content (AvgIpc) is 2.83. The molecular weight excluding hydrogens is 292 g/mol. The number of amides is 2. The number of fused-ring (bicyclic) bond motifs is 1. The minimum atomic E-state index is -0.561. The van der Waals surface area contributed by atoms with Crippen molar-refractivity contribution in [2.45, 2.75) is 19.8 Å². The topological polar surface area (TPSA) is 67.4 Å². The monoisotopic (exact) mass is 310 g/mol. The van der Waals surface area contributed by atoms with Gasteiger partial charge in [0.05, 0.1) is 5.92 Å². The summed E-state index contributed by atoms with van der Waals surface area (Å²) in [7, 11) is 0. The number of hydrogen-bond donors (Lipinski definition) is 2. The molecule has 0 radical (unpaired) electrons. The van der Waals surface area contributed by atoms with E-state index < -0.39 is 6.09 Å². The van der Waals surface area contributed by atoms with Crippen LogP contribution in [0.5, 0.6) is 5.75 Å². The number of anilines is 2. The second kappa shape index (κ2) is 6.12. The largest absolute Gasteiger partial charge is 0.417 e. The van der Waals surface area contributed by atoms with E-state index in [0.29, 0.717) is 11.4 Å². The summed E-state index contributed by atoms with van der Waals surface area (Å²) >= 11 is 0. The van der Waals surface area contributed by atoms with Crippen molar-refractivity contribution in [3.8, 4) is 5.75 Å². The third kappa shape index (κ3) is 3.18. The second-order valence-electron chi connectivity index (χ2n) is 5.84. The highest BCUT2D eigenvalue weighted by Gasteiger charge is 2.33. The lowest BCUT2D eigenvalue weighted by Crippen LogP contribution is -2.17. The van der Waals surface area contributed by atoms with Crippen LogP contribution in [0.3, 0.4) is 0 Å². The first-order valence-electron chi connectivity index (χ1n) is 7.53. The molecule has 3 rings (SSSR count). The number of carbonyl (C=O) groups excluding carboxylic acids is 2. The van der Waals surface area contributed by atoms with Gasteiger partial charge >= 0.3 is 6.09 Å². The Morgan fingerprint density at radius 1 is 1.17 bits per heavy atom. The Kier molecular flexibility index (Phi) is 4.02. The summed E-state index contributed by atoms with van der Waals surface area (Å²) in [5.74, 6) is 0.460. The number of para-hydroxylation sites is 1. The fraction of sp³-hybridized carbons (Fsp3) is 0.222. The van der Waals surface area contributed by atoms with Crippen LogP contribution in [0.4, 0.5) is 16.2 Å². The standard InChI is InChI=1S/C18H18N2O3/c1-11(2)16-14-10-12(8-9-15(14)20-17(16)21)19-18(22)23-13-6-4-3-5-7-13/h3-11,16H,1-2H3,(H,19,22)(H,20,21). The maximum Gasteiger partial charge on any atom is 0.417 e. The van der Waals surface area contributed by atoms with Crippen molar-refractivity contribution in [2.24, 2.45) is 5.92 Å². The van der Waals surface area contributed by atoms with E-state index in [1.54, 1.807) is 36.4 Å². The Balaban J connectivity index is 1.75. The normalized spacial score (nSPS) is 16.0. The molecule has 1 unspecified atom stereocenters. The van der Waals surface area contributed by atoms with Gasteiger partial charge in [0.1, 0.15) is 5.75 Å². The summed E-state index contributed by atoms with van der Waals surface area (Å²) in [4.78, 5) is 24.0. The van der Waals surface area contributed by atoms with Gasteiger partial charge in [-0.1, -0.05) is 32.0 Å². The van der Waals surface area contributed by atoms with Gasteiger partial charge in [0.15, 0.2) is 0 Å². The van der Waals surface area contributed by atoms with Crippen LogP contribution in [0.1, 0.15) is 25.3 Å². The van der Waals surface area contributed by atoms with Crippen LogP contribution in [-0.2, 0) is 4.79 Å². The molecule has 2 N–H and O–H groups in total. The van der Waals surface area contributed by atoms with Gasteiger partial charge in [0, 0.05) is 11.4 Å². The lowest BCUT2D eigenvalue weighted by molar-refractivity contribution is -0.117. The zero-order valence-electron chi connectivity index (χ0n) is 13.0. The summed E-state index contributed by atoms with van der Waals surface area (Å²) in [5, 5.41) is 5.56. The highest BCUT2D eigenvalue weighted by atomic mass is 16.6. The SMILES string of the molecule is CC(C)C1C(=O)Nc2ccc(NC(=O)Oc3ccccc3)cc21. The molecule has 23 heavy (non-hydrogen) atoms. The van der Waals surface area contributed by atoms with E-state index >= 15 is 0 Å². The Hall–Kier alpha value is -2.82. The smallest absolute Gasteiger partial charge is 0.410 e. The van der Waals surface area contributed by atoms with E-state index in [2.05, 4.69) is 10.6 Å². The minimum Gasteiger partial charge on any atom is -0.410 e. The lowest BCUT2D eigenvalue weighted by Gasteiger charge is -2.13. The van der Waals surface area contributed by atoms with Crippen LogP contribution in [0, 0.1) is 5.92 Å². The third-order valence-corrected chi connectivity index (χ3v) is 3.79. The quantitative estimate of drug-likeness (QED) is 0.900. The van der Waals surface area contributed by atoms with Gasteiger partial charge in [-0.3, -0.25) is 10.1 Å². The van der Waals surface area contributed by atoms with E-state index in [9.17, 15) is 9.59 Å². The molecule has 1 atom stereocenters. The molecule has 2 aromatic carbocycles. The minimum absolute atomic E-state index is 0.000915. The van der Waals surface area contributed by atoms with E-state index in [0.717, 1.165) is 11.3 Å². The maximum absolute atomic E-state index is 12.0. The van der Waals surface area contributed by atoms with Gasteiger partial charge in [-0.05, 0) is 41.8 Å². The van der Waals surface area contributed by atoms with Crippen molar-refractivity contribution >= 4 is 23.4 Å². The summed E-state index contributed by atoms with van der Waals surface area (Å²) in [6.07, 6.45) is -0.561. The average molecular weight is 310 g/mol. The molecule has 1 heterocycles. The highest BCUT2D eigenvalue weighted by Crippen LogP contribution is 2.38. The van der Waals surface area contributed by atoms with Crippen LogP contribution < -0.4 is 15.4 Å². The molecule has 0 aromatic heterocycles. The summed E-state index contributed by atoms with van der Waals surface area (Å²) in [5.41, 5.74) is 2.31. The van der Waals surface area contributed by atoms with Gasteiger partial charge in [-0.15, -0.1) is 0 Å². The molecule has 0 aliphatic carbocycles. The molecule has 2 amide bonds. The predicted octanol–water partition coefficient (Wildman–Crippen LogP) is 3.99. The fourth-order valence-corrected chi connectivity index (χ4v) is 2.76. The number of rotatable bonds is 3.